The Morgan fingerprint density at radius 1 is 1.20 bits per heavy atom. The Morgan fingerprint density at radius 3 is 2.27 bits per heavy atom. The molecular formula is C10H13F3N2. The van der Waals surface area contributed by atoms with E-state index in [-0.39, 0.29) is 11.2 Å². The monoisotopic (exact) mass is 218 g/mol. The lowest BCUT2D eigenvalue weighted by molar-refractivity contribution is -0.141. The number of aromatic nitrogens is 2. The van der Waals surface area contributed by atoms with Crippen LogP contribution in [-0.4, -0.2) is 9.97 Å². The summed E-state index contributed by atoms with van der Waals surface area (Å²) in [4.78, 5) is 7.32. The van der Waals surface area contributed by atoms with Crippen molar-refractivity contribution in [1.29, 1.82) is 0 Å². The lowest BCUT2D eigenvalue weighted by Gasteiger charge is -2.17. The first-order valence-electron chi connectivity index (χ1n) is 4.58. The number of hydrogen-bond donors (Lipinski definition) is 0. The van der Waals surface area contributed by atoms with Crippen molar-refractivity contribution >= 4 is 0 Å². The Bertz CT molecular complexity index is 339. The SMILES string of the molecule is CC(C)(C)Cc1nccc(C(F)(F)F)n1. The Labute approximate surface area is 86.6 Å². The maximum Gasteiger partial charge on any atom is 0.433 e. The van der Waals surface area contributed by atoms with Crippen molar-refractivity contribution in [3.63, 3.8) is 0 Å². The molecule has 84 valence electrons. The summed E-state index contributed by atoms with van der Waals surface area (Å²) >= 11 is 0. The fourth-order valence-corrected chi connectivity index (χ4v) is 1.12. The van der Waals surface area contributed by atoms with Crippen LogP contribution in [0, 0.1) is 5.41 Å². The van der Waals surface area contributed by atoms with Gasteiger partial charge in [0.1, 0.15) is 11.5 Å². The molecular weight excluding hydrogens is 205 g/mol. The van der Waals surface area contributed by atoms with Gasteiger partial charge in [0.25, 0.3) is 0 Å². The highest BCUT2D eigenvalue weighted by molar-refractivity contribution is 5.06. The summed E-state index contributed by atoms with van der Waals surface area (Å²) in [6, 6.07) is 0.881. The van der Waals surface area contributed by atoms with Crippen LogP contribution in [0.4, 0.5) is 13.2 Å². The molecule has 0 N–H and O–H groups in total. The molecule has 1 rings (SSSR count). The molecule has 0 amide bonds. The van der Waals surface area contributed by atoms with E-state index in [0.29, 0.717) is 6.42 Å². The van der Waals surface area contributed by atoms with E-state index in [2.05, 4.69) is 9.97 Å². The second-order valence-corrected chi connectivity index (χ2v) is 4.59. The van der Waals surface area contributed by atoms with Crippen molar-refractivity contribution in [2.75, 3.05) is 0 Å². The molecule has 0 atom stereocenters. The molecule has 0 saturated heterocycles. The van der Waals surface area contributed by atoms with Gasteiger partial charge in [0, 0.05) is 12.6 Å². The van der Waals surface area contributed by atoms with Gasteiger partial charge in [0.15, 0.2) is 0 Å². The van der Waals surface area contributed by atoms with Crippen LogP contribution in [0.2, 0.25) is 0 Å². The molecule has 0 unspecified atom stereocenters. The van der Waals surface area contributed by atoms with Crippen molar-refractivity contribution in [3.8, 4) is 0 Å². The van der Waals surface area contributed by atoms with Gasteiger partial charge in [-0.2, -0.15) is 13.2 Å². The van der Waals surface area contributed by atoms with Crippen molar-refractivity contribution in [2.24, 2.45) is 5.41 Å². The second kappa shape index (κ2) is 3.79. The number of rotatable bonds is 1. The standard InChI is InChI=1S/C10H13F3N2/c1-9(2,3)6-8-14-5-4-7(15-8)10(11,12)13/h4-5H,6H2,1-3H3. The smallest absolute Gasteiger partial charge is 0.241 e. The molecule has 1 heterocycles. The third-order valence-corrected chi connectivity index (χ3v) is 1.68. The molecule has 0 saturated carbocycles. The van der Waals surface area contributed by atoms with Crippen LogP contribution in [0.1, 0.15) is 32.3 Å². The molecule has 15 heavy (non-hydrogen) atoms. The zero-order valence-corrected chi connectivity index (χ0v) is 8.89. The predicted molar refractivity (Wildman–Crippen MR) is 50.2 cm³/mol. The van der Waals surface area contributed by atoms with Crippen LogP contribution in [0.25, 0.3) is 0 Å². The minimum absolute atomic E-state index is 0.121. The summed E-state index contributed by atoms with van der Waals surface area (Å²) in [5.74, 6) is 0.234. The maximum atomic E-state index is 12.3. The summed E-state index contributed by atoms with van der Waals surface area (Å²) in [6.45, 7) is 5.78. The summed E-state index contributed by atoms with van der Waals surface area (Å²) in [6.07, 6.45) is -2.82. The highest BCUT2D eigenvalue weighted by Crippen LogP contribution is 2.27. The van der Waals surface area contributed by atoms with Gasteiger partial charge < -0.3 is 0 Å². The Hall–Kier alpha value is -1.13. The normalized spacial score (nSPS) is 12.9. The molecule has 0 spiro atoms. The number of halogens is 3. The fourth-order valence-electron chi connectivity index (χ4n) is 1.12. The van der Waals surface area contributed by atoms with Gasteiger partial charge in [0.05, 0.1) is 0 Å². The first-order valence-corrected chi connectivity index (χ1v) is 4.58. The van der Waals surface area contributed by atoms with Gasteiger partial charge in [-0.05, 0) is 11.5 Å². The van der Waals surface area contributed by atoms with E-state index in [9.17, 15) is 13.2 Å². The average molecular weight is 218 g/mol. The summed E-state index contributed by atoms with van der Waals surface area (Å²) < 4.78 is 36.9. The zero-order valence-electron chi connectivity index (χ0n) is 8.89. The lowest BCUT2D eigenvalue weighted by Crippen LogP contribution is -2.15. The fraction of sp³-hybridized carbons (Fsp3) is 0.600. The Balaban J connectivity index is 2.94. The minimum atomic E-state index is -4.39. The van der Waals surface area contributed by atoms with Gasteiger partial charge in [0.2, 0.25) is 0 Å². The number of nitrogens with zero attached hydrogens (tertiary/aromatic N) is 2. The molecule has 1 aromatic rings. The van der Waals surface area contributed by atoms with E-state index >= 15 is 0 Å². The molecule has 0 aliphatic carbocycles. The third-order valence-electron chi connectivity index (χ3n) is 1.68. The largest absolute Gasteiger partial charge is 0.433 e. The summed E-state index contributed by atoms with van der Waals surface area (Å²) in [5, 5.41) is 0. The minimum Gasteiger partial charge on any atom is -0.241 e. The number of alkyl halides is 3. The van der Waals surface area contributed by atoms with E-state index < -0.39 is 11.9 Å². The highest BCUT2D eigenvalue weighted by Gasteiger charge is 2.32. The van der Waals surface area contributed by atoms with Crippen LogP contribution < -0.4 is 0 Å². The van der Waals surface area contributed by atoms with E-state index in [1.807, 2.05) is 20.8 Å². The highest BCUT2D eigenvalue weighted by atomic mass is 19.4. The molecule has 0 aliphatic rings. The molecule has 0 aromatic carbocycles. The first kappa shape index (κ1) is 11.9. The number of hydrogen-bond acceptors (Lipinski definition) is 2. The second-order valence-electron chi connectivity index (χ2n) is 4.59. The lowest BCUT2D eigenvalue weighted by atomic mass is 9.92. The van der Waals surface area contributed by atoms with Crippen molar-refractivity contribution < 1.29 is 13.2 Å². The molecule has 0 radical (unpaired) electrons. The molecule has 0 aliphatic heterocycles. The van der Waals surface area contributed by atoms with Gasteiger partial charge in [-0.15, -0.1) is 0 Å². The van der Waals surface area contributed by atoms with Crippen LogP contribution in [-0.2, 0) is 12.6 Å². The molecule has 0 bridgehead atoms. The topological polar surface area (TPSA) is 25.8 Å². The first-order chi connectivity index (χ1) is 6.68. The Morgan fingerprint density at radius 2 is 1.80 bits per heavy atom. The van der Waals surface area contributed by atoms with Crippen LogP contribution >= 0.6 is 0 Å². The van der Waals surface area contributed by atoms with Crippen molar-refractivity contribution in [3.05, 3.63) is 23.8 Å². The summed E-state index contributed by atoms with van der Waals surface area (Å²) in [5.41, 5.74) is -0.999. The van der Waals surface area contributed by atoms with E-state index in [1.165, 1.54) is 0 Å². The predicted octanol–water partition coefficient (Wildman–Crippen LogP) is 3.08. The van der Waals surface area contributed by atoms with Crippen molar-refractivity contribution in [2.45, 2.75) is 33.4 Å². The van der Waals surface area contributed by atoms with Crippen molar-refractivity contribution in [1.82, 2.24) is 9.97 Å². The average Bonchev–Trinajstić information content (AvgIpc) is 1.99. The van der Waals surface area contributed by atoms with E-state index in [4.69, 9.17) is 0 Å². The van der Waals surface area contributed by atoms with Gasteiger partial charge >= 0.3 is 6.18 Å². The molecule has 2 nitrogen and oxygen atoms in total. The van der Waals surface area contributed by atoms with E-state index in [1.54, 1.807) is 0 Å². The molecule has 1 aromatic heterocycles. The van der Waals surface area contributed by atoms with Gasteiger partial charge in [-0.25, -0.2) is 9.97 Å². The molecule has 0 fully saturated rings. The van der Waals surface area contributed by atoms with E-state index in [0.717, 1.165) is 12.3 Å². The van der Waals surface area contributed by atoms with Gasteiger partial charge in [-0.1, -0.05) is 20.8 Å². The quantitative estimate of drug-likeness (QED) is 0.723. The van der Waals surface area contributed by atoms with Crippen LogP contribution in [0.5, 0.6) is 0 Å². The van der Waals surface area contributed by atoms with Crippen LogP contribution in [0.15, 0.2) is 12.3 Å². The Kier molecular flexibility index (Phi) is 3.02. The zero-order chi connectivity index (χ0) is 11.7. The van der Waals surface area contributed by atoms with Gasteiger partial charge in [-0.3, -0.25) is 0 Å². The third kappa shape index (κ3) is 3.85. The molecule has 5 heteroatoms. The van der Waals surface area contributed by atoms with Crippen LogP contribution in [0.3, 0.4) is 0 Å². The summed E-state index contributed by atoms with van der Waals surface area (Å²) in [7, 11) is 0. The maximum absolute atomic E-state index is 12.3.